The van der Waals surface area contributed by atoms with Crippen LogP contribution in [-0.4, -0.2) is 22.9 Å². The number of nitrogen functional groups attached to an aromatic ring is 1. The van der Waals surface area contributed by atoms with Crippen molar-refractivity contribution in [3.63, 3.8) is 0 Å². The van der Waals surface area contributed by atoms with Gasteiger partial charge in [0.2, 0.25) is 0 Å². The van der Waals surface area contributed by atoms with E-state index in [4.69, 9.17) is 5.73 Å². The van der Waals surface area contributed by atoms with Crippen molar-refractivity contribution in [2.24, 2.45) is 23.7 Å². The van der Waals surface area contributed by atoms with Gasteiger partial charge in [-0.3, -0.25) is 0 Å². The highest BCUT2D eigenvalue weighted by molar-refractivity contribution is 5.76. The number of amides is 1. The maximum Gasteiger partial charge on any atom is 0.341 e. The van der Waals surface area contributed by atoms with E-state index in [-0.39, 0.29) is 6.03 Å². The first kappa shape index (κ1) is 12.2. The Morgan fingerprint density at radius 3 is 2.40 bits per heavy atom. The van der Waals surface area contributed by atoms with Gasteiger partial charge < -0.3 is 11.1 Å². The van der Waals surface area contributed by atoms with Crippen LogP contribution in [0.25, 0.3) is 0 Å². The van der Waals surface area contributed by atoms with Crippen molar-refractivity contribution in [1.82, 2.24) is 15.1 Å². The van der Waals surface area contributed by atoms with Crippen LogP contribution >= 0.6 is 0 Å². The Balaban J connectivity index is 1.67. The Labute approximate surface area is 118 Å². The zero-order chi connectivity index (χ0) is 13.9. The molecule has 0 radical (unpaired) electrons. The molecule has 20 heavy (non-hydrogen) atoms. The van der Waals surface area contributed by atoms with Crippen molar-refractivity contribution in [2.45, 2.75) is 38.0 Å². The Hall–Kier alpha value is -1.52. The van der Waals surface area contributed by atoms with Crippen LogP contribution in [-0.2, 0) is 0 Å². The summed E-state index contributed by atoms with van der Waals surface area (Å²) in [6.45, 7) is 0. The fourth-order valence-corrected chi connectivity index (χ4v) is 5.31. The molecule has 4 aliphatic carbocycles. The van der Waals surface area contributed by atoms with Crippen molar-refractivity contribution >= 4 is 11.8 Å². The van der Waals surface area contributed by atoms with Gasteiger partial charge in [0.1, 0.15) is 5.82 Å². The Bertz CT molecular complexity index is 522. The molecule has 0 spiro atoms. The van der Waals surface area contributed by atoms with E-state index in [0.717, 1.165) is 29.2 Å². The summed E-state index contributed by atoms with van der Waals surface area (Å²) in [7, 11) is 1.61. The van der Waals surface area contributed by atoms with Gasteiger partial charge >= 0.3 is 6.03 Å². The summed E-state index contributed by atoms with van der Waals surface area (Å²) < 4.78 is 1.36. The molecule has 108 valence electrons. The highest BCUT2D eigenvalue weighted by atomic mass is 16.2. The van der Waals surface area contributed by atoms with Crippen molar-refractivity contribution in [2.75, 3.05) is 12.8 Å². The molecular formula is C15H22N4O. The van der Waals surface area contributed by atoms with E-state index >= 15 is 0 Å². The summed E-state index contributed by atoms with van der Waals surface area (Å²) in [5.41, 5.74) is 7.22. The van der Waals surface area contributed by atoms with Crippen LogP contribution < -0.4 is 11.1 Å². The van der Waals surface area contributed by atoms with Gasteiger partial charge in [-0.2, -0.15) is 4.68 Å². The third-order valence-electron chi connectivity index (χ3n) is 5.78. The molecule has 0 aromatic carbocycles. The van der Waals surface area contributed by atoms with E-state index < -0.39 is 0 Å². The van der Waals surface area contributed by atoms with Crippen molar-refractivity contribution in [3.8, 4) is 0 Å². The second kappa shape index (κ2) is 4.24. The molecule has 1 aromatic heterocycles. The maximum absolute atomic E-state index is 11.7. The van der Waals surface area contributed by atoms with E-state index in [1.807, 2.05) is 6.20 Å². The number of nitrogens with two attached hydrogens (primary N) is 1. The molecule has 3 N–H and O–H groups in total. The minimum Gasteiger partial charge on any atom is -0.382 e. The lowest BCUT2D eigenvalue weighted by Gasteiger charge is -2.54. The van der Waals surface area contributed by atoms with Crippen molar-refractivity contribution in [1.29, 1.82) is 0 Å². The average molecular weight is 274 g/mol. The summed E-state index contributed by atoms with van der Waals surface area (Å²) in [6.07, 6.45) is 8.71. The highest BCUT2D eigenvalue weighted by Gasteiger charge is 2.49. The molecule has 0 unspecified atom stereocenters. The molecule has 4 bridgehead atoms. The van der Waals surface area contributed by atoms with Gasteiger partial charge in [0.05, 0.1) is 0 Å². The average Bonchev–Trinajstić information content (AvgIpc) is 2.79. The third kappa shape index (κ3) is 1.68. The number of carbonyl (C=O) groups is 1. The fraction of sp³-hybridized carbons (Fsp3) is 0.733. The summed E-state index contributed by atoms with van der Waals surface area (Å²) in [5.74, 6) is 4.49. The second-order valence-electron chi connectivity index (χ2n) is 6.93. The van der Waals surface area contributed by atoms with E-state index in [2.05, 4.69) is 10.4 Å². The minimum absolute atomic E-state index is 0.216. The zero-order valence-corrected chi connectivity index (χ0v) is 11.9. The largest absolute Gasteiger partial charge is 0.382 e. The summed E-state index contributed by atoms with van der Waals surface area (Å²) in [4.78, 5) is 11.7. The topological polar surface area (TPSA) is 72.9 Å². The number of nitrogens with zero attached hydrogens (tertiary/aromatic N) is 2. The van der Waals surface area contributed by atoms with Gasteiger partial charge in [0.25, 0.3) is 0 Å². The van der Waals surface area contributed by atoms with Crippen LogP contribution in [0.5, 0.6) is 0 Å². The molecule has 0 atom stereocenters. The number of anilines is 1. The molecule has 1 amide bonds. The molecule has 4 fully saturated rings. The number of aromatic nitrogens is 2. The van der Waals surface area contributed by atoms with E-state index in [1.165, 1.54) is 36.8 Å². The monoisotopic (exact) mass is 274 g/mol. The van der Waals surface area contributed by atoms with E-state index in [0.29, 0.717) is 11.7 Å². The summed E-state index contributed by atoms with van der Waals surface area (Å²) >= 11 is 0. The molecule has 4 aliphatic rings. The molecule has 5 nitrogen and oxygen atoms in total. The van der Waals surface area contributed by atoms with Crippen LogP contribution in [0.2, 0.25) is 0 Å². The standard InChI is InChI=1S/C15H22N4O/c1-17-15(20)19-7-12(14(16)18-19)13-10-3-8-2-9(5-10)6-11(13)4-8/h7-11,13H,2-6H2,1H3,(H2,16,18)(H,17,20). The van der Waals surface area contributed by atoms with Crippen LogP contribution in [0.3, 0.4) is 0 Å². The fourth-order valence-electron chi connectivity index (χ4n) is 5.31. The van der Waals surface area contributed by atoms with Gasteiger partial charge in [-0.25, -0.2) is 4.79 Å². The number of nitrogens with one attached hydrogen (secondary N) is 1. The number of hydrogen-bond acceptors (Lipinski definition) is 3. The van der Waals surface area contributed by atoms with Gasteiger partial charge in [-0.15, -0.1) is 5.10 Å². The van der Waals surface area contributed by atoms with Crippen LogP contribution in [0.1, 0.15) is 43.6 Å². The first-order valence-electron chi connectivity index (χ1n) is 7.72. The SMILES string of the molecule is CNC(=O)n1cc(C2C3CC4CC(C3)CC2C4)c(N)n1. The van der Waals surface area contributed by atoms with Gasteiger partial charge in [0.15, 0.2) is 0 Å². The lowest BCUT2D eigenvalue weighted by molar-refractivity contribution is -0.00256. The Kier molecular flexibility index (Phi) is 2.59. The molecular weight excluding hydrogens is 252 g/mol. The molecule has 4 saturated carbocycles. The summed E-state index contributed by atoms with van der Waals surface area (Å²) in [6, 6.07) is -0.216. The summed E-state index contributed by atoms with van der Waals surface area (Å²) in [5, 5.41) is 6.79. The molecule has 1 aromatic rings. The second-order valence-corrected chi connectivity index (χ2v) is 6.93. The highest BCUT2D eigenvalue weighted by Crippen LogP contribution is 2.60. The van der Waals surface area contributed by atoms with E-state index in [1.54, 1.807) is 7.05 Å². The quantitative estimate of drug-likeness (QED) is 0.824. The minimum atomic E-state index is -0.216. The van der Waals surface area contributed by atoms with Gasteiger partial charge in [0, 0.05) is 18.8 Å². The van der Waals surface area contributed by atoms with Crippen molar-refractivity contribution in [3.05, 3.63) is 11.8 Å². The molecule has 0 aliphatic heterocycles. The smallest absolute Gasteiger partial charge is 0.341 e. The number of carbonyl (C=O) groups excluding carboxylic acids is 1. The predicted molar refractivity (Wildman–Crippen MR) is 76.3 cm³/mol. The van der Waals surface area contributed by atoms with Gasteiger partial charge in [-0.1, -0.05) is 0 Å². The molecule has 5 rings (SSSR count). The molecule has 0 saturated heterocycles. The first-order chi connectivity index (χ1) is 9.65. The maximum atomic E-state index is 11.7. The lowest BCUT2D eigenvalue weighted by Crippen LogP contribution is -2.43. The van der Waals surface area contributed by atoms with Crippen LogP contribution in [0.15, 0.2) is 6.20 Å². The van der Waals surface area contributed by atoms with Crippen LogP contribution in [0, 0.1) is 23.7 Å². The lowest BCUT2D eigenvalue weighted by atomic mass is 9.51. The predicted octanol–water partition coefficient (Wildman–Crippen LogP) is 2.19. The first-order valence-corrected chi connectivity index (χ1v) is 7.72. The van der Waals surface area contributed by atoms with Crippen molar-refractivity contribution < 1.29 is 4.79 Å². The van der Waals surface area contributed by atoms with Gasteiger partial charge in [-0.05, 0) is 61.7 Å². The van der Waals surface area contributed by atoms with E-state index in [9.17, 15) is 4.79 Å². The molecule has 5 heteroatoms. The number of rotatable bonds is 1. The van der Waals surface area contributed by atoms with Crippen LogP contribution in [0.4, 0.5) is 10.6 Å². The number of hydrogen-bond donors (Lipinski definition) is 2. The normalized spacial score (nSPS) is 38.1. The Morgan fingerprint density at radius 1 is 1.25 bits per heavy atom. The molecule has 1 heterocycles. The Morgan fingerprint density at radius 2 is 1.85 bits per heavy atom. The zero-order valence-electron chi connectivity index (χ0n) is 11.9. The third-order valence-corrected chi connectivity index (χ3v) is 5.78.